The van der Waals surface area contributed by atoms with E-state index in [-0.39, 0.29) is 0 Å². The molecule has 4 aliphatic heterocycles. The predicted molar refractivity (Wildman–Crippen MR) is 156 cm³/mol. The van der Waals surface area contributed by atoms with Gasteiger partial charge < -0.3 is 20.4 Å². The lowest BCUT2D eigenvalue weighted by molar-refractivity contribution is -0.00876. The van der Waals surface area contributed by atoms with E-state index in [4.69, 9.17) is 9.72 Å². The number of hydrogen-bond donors (Lipinski definition) is 2. The van der Waals surface area contributed by atoms with E-state index in [2.05, 4.69) is 59.9 Å². The van der Waals surface area contributed by atoms with Gasteiger partial charge in [0.15, 0.2) is 5.82 Å². The Balaban J connectivity index is 1.04. The smallest absolute Gasteiger partial charge is 0.212 e. The summed E-state index contributed by atoms with van der Waals surface area (Å²) in [6, 6.07) is 15.6. The molecule has 2 atom stereocenters. The van der Waals surface area contributed by atoms with Crippen LogP contribution in [0.5, 0.6) is 5.88 Å². The van der Waals surface area contributed by atoms with E-state index in [0.717, 1.165) is 48.6 Å². The lowest BCUT2D eigenvalue weighted by Gasteiger charge is -2.56. The number of pyridine rings is 3. The number of hydrazine groups is 1. The van der Waals surface area contributed by atoms with Crippen LogP contribution >= 0.6 is 0 Å². The first-order valence-corrected chi connectivity index (χ1v) is 13.8. The number of nitrogens with zero attached hydrogens (tertiary/aromatic N) is 9. The van der Waals surface area contributed by atoms with E-state index in [1.165, 1.54) is 12.0 Å². The molecule has 0 aliphatic carbocycles. The Kier molecular flexibility index (Phi) is 6.58. The maximum absolute atomic E-state index is 10.0. The molecule has 3 saturated heterocycles. The maximum atomic E-state index is 10.0. The zero-order chi connectivity index (χ0) is 27.8. The molecule has 4 aliphatic rings. The van der Waals surface area contributed by atoms with E-state index in [1.54, 1.807) is 18.0 Å². The molecule has 12 nitrogen and oxygen atoms in total. The van der Waals surface area contributed by atoms with Gasteiger partial charge in [0, 0.05) is 80.6 Å². The summed E-state index contributed by atoms with van der Waals surface area (Å²) in [5.74, 6) is 2.20. The van der Waals surface area contributed by atoms with Crippen LogP contribution in [-0.4, -0.2) is 87.9 Å². The average molecular weight is 550 g/mol. The highest BCUT2D eigenvalue weighted by molar-refractivity contribution is 5.87. The number of piperazine rings is 1. The summed E-state index contributed by atoms with van der Waals surface area (Å²) >= 11 is 0. The molecule has 41 heavy (non-hydrogen) atoms. The standard InChI is InChI=1S/C29H31N11O/c1-41-27-7-4-20(13-34-27)15-39-22-11-23(39)17-37(16-22)26-6-5-21(14-33-26)24-3-2-9-40-28(24)25(12-30)29(36-40)32-8-10-38-19-31-18-35-38/h2-7,9,13-14,18,22-23H,8,10-11,15-17,19H2,1H3,(H,31,35)(H,32,36). The molecule has 4 aromatic heterocycles. The molecule has 2 bridgehead atoms. The van der Waals surface area contributed by atoms with Gasteiger partial charge in [-0.3, -0.25) is 9.89 Å². The molecule has 4 aromatic rings. The zero-order valence-corrected chi connectivity index (χ0v) is 22.8. The highest BCUT2D eigenvalue weighted by atomic mass is 16.5. The minimum absolute atomic E-state index is 0.510. The summed E-state index contributed by atoms with van der Waals surface area (Å²) in [6.45, 7) is 4.79. The monoisotopic (exact) mass is 549 g/mol. The number of hydrogen-bond acceptors (Lipinski definition) is 11. The number of piperidine rings is 1. The lowest BCUT2D eigenvalue weighted by Crippen LogP contribution is -2.68. The van der Waals surface area contributed by atoms with E-state index >= 15 is 0 Å². The summed E-state index contributed by atoms with van der Waals surface area (Å²) in [7, 11) is 1.64. The third kappa shape index (κ3) is 4.79. The predicted octanol–water partition coefficient (Wildman–Crippen LogP) is 2.35. The van der Waals surface area contributed by atoms with Crippen LogP contribution < -0.4 is 20.4 Å². The topological polar surface area (TPSA) is 122 Å². The van der Waals surface area contributed by atoms with Gasteiger partial charge in [0.2, 0.25) is 5.88 Å². The molecule has 0 aromatic carbocycles. The molecule has 0 amide bonds. The Bertz CT molecular complexity index is 1590. The van der Waals surface area contributed by atoms with Crippen molar-refractivity contribution in [1.29, 1.82) is 5.26 Å². The molecule has 0 radical (unpaired) electrons. The number of aromatic nitrogens is 4. The van der Waals surface area contributed by atoms with Crippen molar-refractivity contribution in [2.45, 2.75) is 25.0 Å². The molecule has 2 unspecified atom stereocenters. The molecule has 8 heterocycles. The molecule has 3 fully saturated rings. The molecular weight excluding hydrogens is 518 g/mol. The second kappa shape index (κ2) is 10.7. The van der Waals surface area contributed by atoms with Gasteiger partial charge in [-0.05, 0) is 30.2 Å². The number of nitrogens with one attached hydrogen (secondary N) is 2. The number of aliphatic imine (C=N–C) groups is 1. The van der Waals surface area contributed by atoms with Crippen LogP contribution in [0, 0.1) is 11.3 Å². The minimum Gasteiger partial charge on any atom is -0.481 e. The second-order valence-corrected chi connectivity index (χ2v) is 10.6. The van der Waals surface area contributed by atoms with Crippen LogP contribution in [0.25, 0.3) is 16.6 Å². The highest BCUT2D eigenvalue weighted by Crippen LogP contribution is 2.36. The average Bonchev–Trinajstić information content (AvgIpc) is 3.68. The second-order valence-electron chi connectivity index (χ2n) is 10.6. The van der Waals surface area contributed by atoms with Crippen LogP contribution in [0.1, 0.15) is 17.5 Å². The van der Waals surface area contributed by atoms with Crippen LogP contribution in [0.2, 0.25) is 0 Å². The lowest BCUT2D eigenvalue weighted by atomic mass is 9.87. The Labute approximate surface area is 237 Å². The SMILES string of the molecule is COc1ccc(CN2C3CC2CN(c2ccc(-c4cccn5nc(NCCN6CN=CN6)c(C#N)c45)cn2)C3)cn1. The van der Waals surface area contributed by atoms with Crippen molar-refractivity contribution in [2.24, 2.45) is 4.99 Å². The van der Waals surface area contributed by atoms with Gasteiger partial charge in [-0.2, -0.15) is 10.3 Å². The summed E-state index contributed by atoms with van der Waals surface area (Å²) in [5, 5.41) is 20.0. The van der Waals surface area contributed by atoms with Crippen LogP contribution in [0.4, 0.5) is 11.6 Å². The van der Waals surface area contributed by atoms with E-state index in [0.29, 0.717) is 42.6 Å². The first kappa shape index (κ1) is 25.3. The Morgan fingerprint density at radius 1 is 1.12 bits per heavy atom. The highest BCUT2D eigenvalue weighted by Gasteiger charge is 2.44. The Morgan fingerprint density at radius 2 is 2.02 bits per heavy atom. The van der Waals surface area contributed by atoms with Gasteiger partial charge in [-0.15, -0.1) is 5.10 Å². The number of nitriles is 1. The number of anilines is 2. The third-order valence-corrected chi connectivity index (χ3v) is 8.12. The summed E-state index contributed by atoms with van der Waals surface area (Å²) in [4.78, 5) is 18.3. The largest absolute Gasteiger partial charge is 0.481 e. The fourth-order valence-corrected chi connectivity index (χ4v) is 6.01. The molecule has 0 saturated carbocycles. The quantitative estimate of drug-likeness (QED) is 0.322. The summed E-state index contributed by atoms with van der Waals surface area (Å²) in [6.07, 6.45) is 8.59. The summed E-state index contributed by atoms with van der Waals surface area (Å²) < 4.78 is 6.96. The molecule has 0 spiro atoms. The maximum Gasteiger partial charge on any atom is 0.212 e. The minimum atomic E-state index is 0.510. The fraction of sp³-hybridized carbons (Fsp3) is 0.345. The van der Waals surface area contributed by atoms with Crippen molar-refractivity contribution in [3.8, 4) is 23.1 Å². The number of rotatable bonds is 9. The first-order chi connectivity index (χ1) is 20.2. The molecule has 208 valence electrons. The van der Waals surface area contributed by atoms with Crippen molar-refractivity contribution < 1.29 is 4.74 Å². The van der Waals surface area contributed by atoms with Crippen molar-refractivity contribution in [2.75, 3.05) is 50.2 Å². The van der Waals surface area contributed by atoms with Gasteiger partial charge in [0.25, 0.3) is 0 Å². The van der Waals surface area contributed by atoms with Crippen molar-refractivity contribution >= 4 is 23.5 Å². The first-order valence-electron chi connectivity index (χ1n) is 13.8. The fourth-order valence-electron chi connectivity index (χ4n) is 6.01. The third-order valence-electron chi connectivity index (χ3n) is 8.12. The van der Waals surface area contributed by atoms with Crippen molar-refractivity contribution in [1.82, 2.24) is 34.9 Å². The van der Waals surface area contributed by atoms with E-state index < -0.39 is 0 Å². The van der Waals surface area contributed by atoms with Gasteiger partial charge in [0.05, 0.1) is 19.0 Å². The molecular formula is C29H31N11O. The molecule has 8 rings (SSSR count). The summed E-state index contributed by atoms with van der Waals surface area (Å²) in [5.41, 5.74) is 7.46. The van der Waals surface area contributed by atoms with Crippen molar-refractivity contribution in [3.05, 3.63) is 66.1 Å². The number of fused-ring (bicyclic) bond motifs is 3. The van der Waals surface area contributed by atoms with Crippen molar-refractivity contribution in [3.63, 3.8) is 0 Å². The molecule has 12 heteroatoms. The van der Waals surface area contributed by atoms with E-state index in [1.807, 2.05) is 41.8 Å². The van der Waals surface area contributed by atoms with Crippen LogP contribution in [0.15, 0.2) is 60.0 Å². The van der Waals surface area contributed by atoms with E-state index in [9.17, 15) is 5.26 Å². The van der Waals surface area contributed by atoms with Gasteiger partial charge in [0.1, 0.15) is 24.1 Å². The van der Waals surface area contributed by atoms with Crippen LogP contribution in [-0.2, 0) is 6.54 Å². The Morgan fingerprint density at radius 3 is 2.73 bits per heavy atom. The Hall–Kier alpha value is -4.73. The number of methoxy groups -OCH3 is 1. The van der Waals surface area contributed by atoms with Gasteiger partial charge in [-0.1, -0.05) is 12.1 Å². The zero-order valence-electron chi connectivity index (χ0n) is 22.8. The molecule has 2 N–H and O–H groups in total. The normalized spacial score (nSPS) is 20.0. The van der Waals surface area contributed by atoms with Crippen LogP contribution in [0.3, 0.4) is 0 Å². The number of ether oxygens (including phenoxy) is 1. The van der Waals surface area contributed by atoms with Gasteiger partial charge >= 0.3 is 0 Å². The van der Waals surface area contributed by atoms with Gasteiger partial charge in [-0.25, -0.2) is 14.5 Å².